The molecule has 3 N–H and O–H groups in total. The van der Waals surface area contributed by atoms with Crippen LogP contribution in [0.3, 0.4) is 0 Å². The fraction of sp³-hybridized carbons (Fsp3) is 0.571. The minimum Gasteiger partial charge on any atom is -0.398 e. The van der Waals surface area contributed by atoms with Gasteiger partial charge < -0.3 is 10.6 Å². The van der Waals surface area contributed by atoms with Gasteiger partial charge in [0.1, 0.15) is 0 Å². The zero-order valence-corrected chi connectivity index (χ0v) is 12.9. The summed E-state index contributed by atoms with van der Waals surface area (Å²) in [5.74, 6) is 0.380. The summed E-state index contributed by atoms with van der Waals surface area (Å²) < 4.78 is 27.4. The molecule has 0 radical (unpaired) electrons. The zero-order valence-electron chi connectivity index (χ0n) is 12.1. The Morgan fingerprint density at radius 1 is 1.45 bits per heavy atom. The van der Waals surface area contributed by atoms with Gasteiger partial charge in [-0.25, -0.2) is 13.1 Å². The number of anilines is 1. The van der Waals surface area contributed by atoms with Crippen LogP contribution >= 0.6 is 0 Å². The van der Waals surface area contributed by atoms with Gasteiger partial charge in [0.15, 0.2) is 0 Å². The normalized spacial score (nSPS) is 21.0. The molecule has 1 saturated heterocycles. The summed E-state index contributed by atoms with van der Waals surface area (Å²) in [4.78, 5) is 2.52. The molecular formula is C14H23N3O2S. The fourth-order valence-corrected chi connectivity index (χ4v) is 4.06. The van der Waals surface area contributed by atoms with E-state index in [-0.39, 0.29) is 4.90 Å². The van der Waals surface area contributed by atoms with Crippen molar-refractivity contribution >= 4 is 15.7 Å². The lowest BCUT2D eigenvalue weighted by atomic mass is 9.99. The van der Waals surface area contributed by atoms with Gasteiger partial charge in [-0.05, 0) is 57.0 Å². The monoisotopic (exact) mass is 297 g/mol. The third-order valence-corrected chi connectivity index (χ3v) is 5.47. The smallest absolute Gasteiger partial charge is 0.240 e. The van der Waals surface area contributed by atoms with Gasteiger partial charge in [0, 0.05) is 18.8 Å². The van der Waals surface area contributed by atoms with Gasteiger partial charge in [-0.3, -0.25) is 0 Å². The second-order valence-electron chi connectivity index (χ2n) is 5.59. The Morgan fingerprint density at radius 3 is 2.90 bits per heavy atom. The standard InChI is InChI=1S/C14H23N3O2S/c1-11-13(15)6-3-7-14(11)20(18,19)16-9-12-5-4-8-17(2)10-12/h3,6-7,12,16H,4-5,8-10,15H2,1-2H3. The number of hydrogen-bond donors (Lipinski definition) is 2. The van der Waals surface area contributed by atoms with E-state index >= 15 is 0 Å². The number of rotatable bonds is 4. The highest BCUT2D eigenvalue weighted by molar-refractivity contribution is 7.89. The molecule has 0 bridgehead atoms. The van der Waals surface area contributed by atoms with Gasteiger partial charge >= 0.3 is 0 Å². The van der Waals surface area contributed by atoms with Crippen LogP contribution in [0.4, 0.5) is 5.69 Å². The number of hydrogen-bond acceptors (Lipinski definition) is 4. The number of piperidine rings is 1. The van der Waals surface area contributed by atoms with E-state index in [9.17, 15) is 8.42 Å². The first-order valence-corrected chi connectivity index (χ1v) is 8.42. The first-order valence-electron chi connectivity index (χ1n) is 6.93. The van der Waals surface area contributed by atoms with E-state index in [1.807, 2.05) is 0 Å². The summed E-state index contributed by atoms with van der Waals surface area (Å²) >= 11 is 0. The maximum atomic E-state index is 12.3. The predicted molar refractivity (Wildman–Crippen MR) is 81.0 cm³/mol. The Kier molecular flexibility index (Phi) is 4.67. The van der Waals surface area contributed by atoms with Gasteiger partial charge in [0.2, 0.25) is 10.0 Å². The number of sulfonamides is 1. The van der Waals surface area contributed by atoms with Crippen molar-refractivity contribution in [1.29, 1.82) is 0 Å². The Morgan fingerprint density at radius 2 is 2.20 bits per heavy atom. The van der Waals surface area contributed by atoms with E-state index in [0.29, 0.717) is 23.7 Å². The van der Waals surface area contributed by atoms with Crippen LogP contribution in [-0.4, -0.2) is 40.0 Å². The molecule has 6 heteroatoms. The second-order valence-corrected chi connectivity index (χ2v) is 7.33. The summed E-state index contributed by atoms with van der Waals surface area (Å²) in [5, 5.41) is 0. The van der Waals surface area contributed by atoms with Crippen LogP contribution in [0.1, 0.15) is 18.4 Å². The summed E-state index contributed by atoms with van der Waals surface area (Å²) in [7, 11) is -1.41. The average molecular weight is 297 g/mol. The highest BCUT2D eigenvalue weighted by Gasteiger charge is 2.22. The number of nitrogen functional groups attached to an aromatic ring is 1. The molecule has 20 heavy (non-hydrogen) atoms. The molecule has 1 aromatic carbocycles. The van der Waals surface area contributed by atoms with Crippen molar-refractivity contribution in [1.82, 2.24) is 9.62 Å². The van der Waals surface area contributed by atoms with Gasteiger partial charge in [0.05, 0.1) is 4.90 Å². The van der Waals surface area contributed by atoms with Crippen LogP contribution in [0.25, 0.3) is 0 Å². The van der Waals surface area contributed by atoms with Crippen molar-refractivity contribution in [3.05, 3.63) is 23.8 Å². The molecule has 5 nitrogen and oxygen atoms in total. The number of benzene rings is 1. The van der Waals surface area contributed by atoms with E-state index in [1.54, 1.807) is 25.1 Å². The van der Waals surface area contributed by atoms with Gasteiger partial charge in [-0.1, -0.05) is 6.07 Å². The summed E-state index contributed by atoms with van der Waals surface area (Å²) in [6.07, 6.45) is 2.20. The van der Waals surface area contributed by atoms with Crippen LogP contribution in [-0.2, 0) is 10.0 Å². The van der Waals surface area contributed by atoms with Gasteiger partial charge in [-0.2, -0.15) is 0 Å². The van der Waals surface area contributed by atoms with Crippen molar-refractivity contribution in [2.45, 2.75) is 24.7 Å². The Hall–Kier alpha value is -1.11. The van der Waals surface area contributed by atoms with Crippen LogP contribution in [0.2, 0.25) is 0 Å². The zero-order chi connectivity index (χ0) is 14.8. The average Bonchev–Trinajstić information content (AvgIpc) is 2.40. The molecule has 0 saturated carbocycles. The minimum atomic E-state index is -3.48. The molecule has 0 aromatic heterocycles. The molecule has 1 heterocycles. The lowest BCUT2D eigenvalue weighted by Crippen LogP contribution is -2.39. The molecular weight excluding hydrogens is 274 g/mol. The molecule has 1 aliphatic heterocycles. The highest BCUT2D eigenvalue weighted by Crippen LogP contribution is 2.21. The molecule has 112 valence electrons. The molecule has 2 rings (SSSR count). The van der Waals surface area contributed by atoms with Crippen LogP contribution in [0.5, 0.6) is 0 Å². The third kappa shape index (κ3) is 3.50. The summed E-state index contributed by atoms with van der Waals surface area (Å²) in [5.41, 5.74) is 6.89. The highest BCUT2D eigenvalue weighted by atomic mass is 32.2. The maximum absolute atomic E-state index is 12.3. The Labute approximate surface area is 121 Å². The molecule has 1 fully saturated rings. The number of likely N-dealkylation sites (tertiary alicyclic amines) is 1. The predicted octanol–water partition coefficient (Wildman–Crippen LogP) is 1.20. The van der Waals surface area contributed by atoms with Crippen molar-refractivity contribution in [3.63, 3.8) is 0 Å². The van der Waals surface area contributed by atoms with Crippen molar-refractivity contribution in [2.75, 3.05) is 32.4 Å². The largest absolute Gasteiger partial charge is 0.398 e. The van der Waals surface area contributed by atoms with E-state index in [2.05, 4.69) is 16.7 Å². The summed E-state index contributed by atoms with van der Waals surface area (Å²) in [6.45, 7) is 4.26. The lowest BCUT2D eigenvalue weighted by Gasteiger charge is -2.29. The van der Waals surface area contributed by atoms with E-state index < -0.39 is 10.0 Å². The lowest BCUT2D eigenvalue weighted by molar-refractivity contribution is 0.211. The topological polar surface area (TPSA) is 75.4 Å². The molecule has 0 amide bonds. The van der Waals surface area contributed by atoms with E-state index in [0.717, 1.165) is 25.9 Å². The van der Waals surface area contributed by atoms with Gasteiger partial charge in [0.25, 0.3) is 0 Å². The third-order valence-electron chi connectivity index (χ3n) is 3.90. The SMILES string of the molecule is Cc1c(N)cccc1S(=O)(=O)NCC1CCCN(C)C1. The Balaban J connectivity index is 2.06. The molecule has 0 spiro atoms. The van der Waals surface area contributed by atoms with Gasteiger partial charge in [-0.15, -0.1) is 0 Å². The van der Waals surface area contributed by atoms with Crippen LogP contribution in [0.15, 0.2) is 23.1 Å². The van der Waals surface area contributed by atoms with E-state index in [4.69, 9.17) is 5.73 Å². The molecule has 1 unspecified atom stereocenters. The van der Waals surface area contributed by atoms with Crippen molar-refractivity contribution in [3.8, 4) is 0 Å². The van der Waals surface area contributed by atoms with E-state index in [1.165, 1.54) is 0 Å². The molecule has 1 atom stereocenters. The van der Waals surface area contributed by atoms with Crippen molar-refractivity contribution < 1.29 is 8.42 Å². The second kappa shape index (κ2) is 6.11. The molecule has 0 aliphatic carbocycles. The quantitative estimate of drug-likeness (QED) is 0.819. The number of nitrogens with one attached hydrogen (secondary N) is 1. The number of nitrogens with zero attached hydrogens (tertiary/aromatic N) is 1. The Bertz CT molecular complexity index is 572. The number of nitrogens with two attached hydrogens (primary N) is 1. The van der Waals surface area contributed by atoms with Crippen LogP contribution in [0, 0.1) is 12.8 Å². The first kappa shape index (κ1) is 15.3. The minimum absolute atomic E-state index is 0.279. The summed E-state index contributed by atoms with van der Waals surface area (Å²) in [6, 6.07) is 4.98. The van der Waals surface area contributed by atoms with Crippen LogP contribution < -0.4 is 10.5 Å². The molecule has 1 aromatic rings. The fourth-order valence-electron chi connectivity index (χ4n) is 2.67. The van der Waals surface area contributed by atoms with Crippen molar-refractivity contribution in [2.24, 2.45) is 5.92 Å². The maximum Gasteiger partial charge on any atom is 0.240 e. The first-order chi connectivity index (χ1) is 9.40. The molecule has 1 aliphatic rings.